The fraction of sp³-hybridized carbons (Fsp3) is 0.471. The van der Waals surface area contributed by atoms with Gasteiger partial charge in [0.25, 0.3) is 0 Å². The third-order valence-corrected chi connectivity index (χ3v) is 6.28. The molecule has 1 N–H and O–H groups in total. The van der Waals surface area contributed by atoms with Crippen LogP contribution in [0.15, 0.2) is 47.6 Å². The van der Waals surface area contributed by atoms with Gasteiger partial charge in [-0.3, -0.25) is 4.68 Å². The van der Waals surface area contributed by atoms with Gasteiger partial charge in [-0.05, 0) is 32.3 Å². The molecule has 2 heterocycles. The Labute approximate surface area is 142 Å². The number of sulfonamides is 1. The summed E-state index contributed by atoms with van der Waals surface area (Å²) in [6.45, 7) is 4.26. The van der Waals surface area contributed by atoms with Crippen LogP contribution in [0, 0.1) is 0 Å². The van der Waals surface area contributed by atoms with Crippen LogP contribution >= 0.6 is 0 Å². The van der Waals surface area contributed by atoms with Crippen molar-refractivity contribution in [1.29, 1.82) is 0 Å². The minimum Gasteiger partial charge on any atom is -0.389 e. The molecule has 1 fully saturated rings. The molecular formula is C17H23N3O3S. The van der Waals surface area contributed by atoms with Gasteiger partial charge in [-0.15, -0.1) is 0 Å². The number of rotatable bonds is 5. The smallest absolute Gasteiger partial charge is 0.246 e. The average molecular weight is 349 g/mol. The van der Waals surface area contributed by atoms with Crippen LogP contribution in [0.2, 0.25) is 0 Å². The summed E-state index contributed by atoms with van der Waals surface area (Å²) >= 11 is 0. The van der Waals surface area contributed by atoms with E-state index in [1.54, 1.807) is 24.7 Å². The largest absolute Gasteiger partial charge is 0.389 e. The highest BCUT2D eigenvalue weighted by molar-refractivity contribution is 7.89. The topological polar surface area (TPSA) is 75.4 Å². The van der Waals surface area contributed by atoms with Crippen molar-refractivity contribution >= 4 is 10.0 Å². The summed E-state index contributed by atoms with van der Waals surface area (Å²) in [5.74, 6) is 0. The summed E-state index contributed by atoms with van der Waals surface area (Å²) in [5, 5.41) is 14.5. The van der Waals surface area contributed by atoms with Gasteiger partial charge in [0.05, 0.1) is 24.4 Å². The lowest BCUT2D eigenvalue weighted by molar-refractivity contribution is 0.0215. The highest BCUT2D eigenvalue weighted by atomic mass is 32.2. The Morgan fingerprint density at radius 2 is 2.00 bits per heavy atom. The van der Waals surface area contributed by atoms with E-state index in [9.17, 15) is 13.5 Å². The normalized spacial score (nSPS) is 19.7. The first kappa shape index (κ1) is 17.1. The van der Waals surface area contributed by atoms with E-state index in [4.69, 9.17) is 0 Å². The zero-order valence-corrected chi connectivity index (χ0v) is 14.8. The number of hydrogen-bond donors (Lipinski definition) is 1. The third-order valence-electron chi connectivity index (χ3n) is 4.42. The van der Waals surface area contributed by atoms with Crippen LogP contribution in [0.25, 0.3) is 0 Å². The van der Waals surface area contributed by atoms with E-state index in [2.05, 4.69) is 5.10 Å². The second-order valence-electron chi connectivity index (χ2n) is 6.79. The predicted octanol–water partition coefficient (Wildman–Crippen LogP) is 1.86. The maximum atomic E-state index is 12.9. The van der Waals surface area contributed by atoms with Crippen molar-refractivity contribution < 1.29 is 13.5 Å². The molecule has 0 bridgehead atoms. The quantitative estimate of drug-likeness (QED) is 0.894. The first-order chi connectivity index (χ1) is 11.3. The molecule has 0 spiro atoms. The molecule has 1 atom stereocenters. The fourth-order valence-electron chi connectivity index (χ4n) is 3.20. The molecule has 6 nitrogen and oxygen atoms in total. The van der Waals surface area contributed by atoms with Crippen LogP contribution in [0.5, 0.6) is 0 Å². The fourth-order valence-corrected chi connectivity index (χ4v) is 4.98. The third kappa shape index (κ3) is 3.38. The lowest BCUT2D eigenvalue weighted by Crippen LogP contribution is -2.48. The highest BCUT2D eigenvalue weighted by Gasteiger charge is 2.43. The summed E-state index contributed by atoms with van der Waals surface area (Å²) in [7, 11) is -3.65. The average Bonchev–Trinajstić information content (AvgIpc) is 3.17. The molecule has 1 saturated heterocycles. The second kappa shape index (κ2) is 6.31. The maximum Gasteiger partial charge on any atom is 0.246 e. The molecular weight excluding hydrogens is 326 g/mol. The van der Waals surface area contributed by atoms with Gasteiger partial charge < -0.3 is 5.11 Å². The molecule has 1 unspecified atom stereocenters. The lowest BCUT2D eigenvalue weighted by Gasteiger charge is -2.32. The number of aromatic nitrogens is 2. The molecule has 0 aliphatic carbocycles. The van der Waals surface area contributed by atoms with E-state index in [-0.39, 0.29) is 4.90 Å². The minimum absolute atomic E-state index is 0.176. The summed E-state index contributed by atoms with van der Waals surface area (Å²) in [6.07, 6.45) is 4.37. The highest BCUT2D eigenvalue weighted by Crippen LogP contribution is 2.31. The molecule has 0 radical (unpaired) electrons. The molecule has 2 aromatic rings. The molecule has 1 aliphatic heterocycles. The van der Waals surface area contributed by atoms with E-state index >= 15 is 0 Å². The van der Waals surface area contributed by atoms with E-state index in [0.29, 0.717) is 19.5 Å². The second-order valence-corrected chi connectivity index (χ2v) is 8.68. The molecule has 130 valence electrons. The first-order valence-electron chi connectivity index (χ1n) is 8.09. The van der Waals surface area contributed by atoms with Crippen LogP contribution in [0.3, 0.4) is 0 Å². The van der Waals surface area contributed by atoms with Crippen molar-refractivity contribution in [1.82, 2.24) is 14.1 Å². The molecule has 0 saturated carbocycles. The van der Waals surface area contributed by atoms with E-state index in [0.717, 1.165) is 12.0 Å². The summed E-state index contributed by atoms with van der Waals surface area (Å²) in [4.78, 5) is 0.176. The van der Waals surface area contributed by atoms with E-state index in [1.807, 2.05) is 30.3 Å². The van der Waals surface area contributed by atoms with Crippen LogP contribution in [0.1, 0.15) is 32.3 Å². The zero-order chi connectivity index (χ0) is 17.4. The Bertz CT molecular complexity index is 794. The van der Waals surface area contributed by atoms with Crippen molar-refractivity contribution in [3.63, 3.8) is 0 Å². The van der Waals surface area contributed by atoms with Crippen LogP contribution in [-0.2, 0) is 16.6 Å². The molecule has 1 aromatic heterocycles. The monoisotopic (exact) mass is 349 g/mol. The molecule has 0 amide bonds. The number of hydrogen-bond acceptors (Lipinski definition) is 4. The summed E-state index contributed by atoms with van der Waals surface area (Å²) < 4.78 is 28.9. The van der Waals surface area contributed by atoms with Crippen molar-refractivity contribution in [3.8, 4) is 0 Å². The van der Waals surface area contributed by atoms with Gasteiger partial charge in [0, 0.05) is 12.7 Å². The van der Waals surface area contributed by atoms with Crippen molar-refractivity contribution in [2.24, 2.45) is 0 Å². The van der Waals surface area contributed by atoms with Crippen LogP contribution in [0.4, 0.5) is 0 Å². The van der Waals surface area contributed by atoms with Crippen LogP contribution < -0.4 is 0 Å². The van der Waals surface area contributed by atoms with Crippen molar-refractivity contribution in [2.45, 2.75) is 49.8 Å². The molecule has 1 aliphatic rings. The van der Waals surface area contributed by atoms with Crippen molar-refractivity contribution in [2.75, 3.05) is 6.54 Å². The Hall–Kier alpha value is -1.70. The summed E-state index contributed by atoms with van der Waals surface area (Å²) in [5.41, 5.74) is -0.0102. The maximum absolute atomic E-state index is 12.9. The number of nitrogens with zero attached hydrogens (tertiary/aromatic N) is 3. The van der Waals surface area contributed by atoms with Gasteiger partial charge >= 0.3 is 0 Å². The van der Waals surface area contributed by atoms with Crippen LogP contribution in [-0.4, -0.2) is 45.8 Å². The Morgan fingerprint density at radius 3 is 2.67 bits per heavy atom. The number of aliphatic hydroxyl groups is 1. The number of benzene rings is 1. The molecule has 3 rings (SSSR count). The first-order valence-corrected chi connectivity index (χ1v) is 9.53. The molecule has 7 heteroatoms. The Morgan fingerprint density at radius 1 is 1.29 bits per heavy atom. The Kier molecular flexibility index (Phi) is 4.50. The molecule has 1 aromatic carbocycles. The lowest BCUT2D eigenvalue weighted by atomic mass is 9.98. The van der Waals surface area contributed by atoms with E-state index in [1.165, 1.54) is 10.5 Å². The van der Waals surface area contributed by atoms with Gasteiger partial charge in [-0.2, -0.15) is 9.40 Å². The standard InChI is InChI=1S/C17H23N3O3S/c1-17(2,21)16-9-6-10-20(16)24(22,23)15-11-18-19(13-15)12-14-7-4-3-5-8-14/h3-5,7-8,11,13,16,21H,6,9-10,12H2,1-2H3. The SMILES string of the molecule is CC(C)(O)C1CCCN1S(=O)(=O)c1cnn(Cc2ccccc2)c1. The Balaban J connectivity index is 1.83. The summed E-state index contributed by atoms with van der Waals surface area (Å²) in [6, 6.07) is 9.36. The minimum atomic E-state index is -3.65. The molecule has 24 heavy (non-hydrogen) atoms. The van der Waals surface area contributed by atoms with E-state index < -0.39 is 21.7 Å². The van der Waals surface area contributed by atoms with Gasteiger partial charge in [-0.25, -0.2) is 8.42 Å². The zero-order valence-electron chi connectivity index (χ0n) is 14.0. The van der Waals surface area contributed by atoms with Gasteiger partial charge in [0.1, 0.15) is 4.90 Å². The van der Waals surface area contributed by atoms with Gasteiger partial charge in [-0.1, -0.05) is 30.3 Å². The predicted molar refractivity (Wildman–Crippen MR) is 91.0 cm³/mol. The van der Waals surface area contributed by atoms with Crippen molar-refractivity contribution in [3.05, 3.63) is 48.3 Å². The van der Waals surface area contributed by atoms with Gasteiger partial charge in [0.2, 0.25) is 10.0 Å². The van der Waals surface area contributed by atoms with Gasteiger partial charge in [0.15, 0.2) is 0 Å².